The van der Waals surface area contributed by atoms with Crippen molar-refractivity contribution in [1.82, 2.24) is 5.32 Å². The fourth-order valence-electron chi connectivity index (χ4n) is 3.41. The van der Waals surface area contributed by atoms with Crippen molar-refractivity contribution in [3.05, 3.63) is 59.1 Å². The minimum absolute atomic E-state index is 0.101. The van der Waals surface area contributed by atoms with Crippen LogP contribution in [0.4, 0.5) is 5.69 Å². The van der Waals surface area contributed by atoms with Crippen LogP contribution in [0.1, 0.15) is 24.8 Å². The molecular formula is C22H27ClN2O2. The van der Waals surface area contributed by atoms with Crippen molar-refractivity contribution in [2.75, 3.05) is 31.1 Å². The van der Waals surface area contributed by atoms with Gasteiger partial charge in [-0.15, -0.1) is 0 Å². The van der Waals surface area contributed by atoms with Crippen molar-refractivity contribution in [3.63, 3.8) is 0 Å². The van der Waals surface area contributed by atoms with Gasteiger partial charge in [-0.1, -0.05) is 29.8 Å². The Bertz CT molecular complexity index is 751. The predicted octanol–water partition coefficient (Wildman–Crippen LogP) is 4.45. The van der Waals surface area contributed by atoms with Gasteiger partial charge >= 0.3 is 0 Å². The van der Waals surface area contributed by atoms with E-state index in [9.17, 15) is 4.79 Å². The highest BCUT2D eigenvalue weighted by Gasteiger charge is 2.22. The third-order valence-electron chi connectivity index (χ3n) is 4.94. The van der Waals surface area contributed by atoms with Gasteiger partial charge < -0.3 is 15.0 Å². The molecule has 2 aromatic rings. The molecule has 0 aromatic heterocycles. The van der Waals surface area contributed by atoms with E-state index in [1.54, 1.807) is 0 Å². The summed E-state index contributed by atoms with van der Waals surface area (Å²) in [5.74, 6) is 1.44. The number of nitrogens with zero attached hydrogens (tertiary/aromatic N) is 1. The molecule has 1 heterocycles. The van der Waals surface area contributed by atoms with Crippen molar-refractivity contribution in [1.29, 1.82) is 0 Å². The van der Waals surface area contributed by atoms with E-state index in [0.717, 1.165) is 37.4 Å². The molecule has 1 aliphatic rings. The number of rotatable bonds is 8. The van der Waals surface area contributed by atoms with E-state index < -0.39 is 0 Å². The van der Waals surface area contributed by atoms with E-state index in [-0.39, 0.29) is 5.91 Å². The summed E-state index contributed by atoms with van der Waals surface area (Å²) < 4.78 is 5.74. The molecular weight excluding hydrogens is 360 g/mol. The minimum atomic E-state index is 0.101. The largest absolute Gasteiger partial charge is 0.493 e. The first-order chi connectivity index (χ1) is 13.1. The first kappa shape index (κ1) is 19.6. The first-order valence-corrected chi connectivity index (χ1v) is 9.95. The van der Waals surface area contributed by atoms with Crippen LogP contribution in [-0.2, 0) is 4.79 Å². The number of nitrogens with one attached hydrogen (secondary N) is 1. The third-order valence-corrected chi connectivity index (χ3v) is 5.17. The molecule has 1 fully saturated rings. The monoisotopic (exact) mass is 386 g/mol. The quantitative estimate of drug-likeness (QED) is 0.681. The smallest absolute Gasteiger partial charge is 0.220 e. The number of carbonyl (C=O) groups excluding carboxylic acids is 1. The summed E-state index contributed by atoms with van der Waals surface area (Å²) in [6.07, 6.45) is 2.31. The van der Waals surface area contributed by atoms with Gasteiger partial charge in [-0.05, 0) is 61.6 Å². The van der Waals surface area contributed by atoms with Crippen molar-refractivity contribution < 1.29 is 9.53 Å². The van der Waals surface area contributed by atoms with Crippen LogP contribution in [-0.4, -0.2) is 32.1 Å². The Morgan fingerprint density at radius 3 is 2.85 bits per heavy atom. The lowest BCUT2D eigenvalue weighted by Gasteiger charge is -2.18. The molecule has 2 aromatic carbocycles. The number of ether oxygens (including phenoxy) is 1. The van der Waals surface area contributed by atoms with E-state index in [0.29, 0.717) is 30.4 Å². The Morgan fingerprint density at radius 1 is 1.26 bits per heavy atom. The summed E-state index contributed by atoms with van der Waals surface area (Å²) in [7, 11) is 0. The number of para-hydroxylation sites is 1. The van der Waals surface area contributed by atoms with Crippen molar-refractivity contribution >= 4 is 23.2 Å². The van der Waals surface area contributed by atoms with E-state index in [4.69, 9.17) is 16.3 Å². The number of carbonyl (C=O) groups is 1. The number of halogens is 1. The highest BCUT2D eigenvalue weighted by atomic mass is 35.5. The molecule has 5 heteroatoms. The van der Waals surface area contributed by atoms with Gasteiger partial charge in [0.15, 0.2) is 0 Å². The van der Waals surface area contributed by atoms with Crippen LogP contribution < -0.4 is 15.0 Å². The molecule has 0 bridgehead atoms. The van der Waals surface area contributed by atoms with Crippen LogP contribution in [0, 0.1) is 12.8 Å². The zero-order chi connectivity index (χ0) is 19.1. The van der Waals surface area contributed by atoms with E-state index in [1.165, 1.54) is 5.69 Å². The normalized spacial score (nSPS) is 16.4. The van der Waals surface area contributed by atoms with E-state index in [2.05, 4.69) is 34.5 Å². The number of aryl methyl sites for hydroxylation is 1. The van der Waals surface area contributed by atoms with Gasteiger partial charge in [0.25, 0.3) is 0 Å². The molecule has 1 atom stereocenters. The molecule has 1 aliphatic heterocycles. The summed E-state index contributed by atoms with van der Waals surface area (Å²) in [5, 5.41) is 3.78. The summed E-state index contributed by atoms with van der Waals surface area (Å²) in [6.45, 7) is 5.30. The molecule has 1 saturated heterocycles. The Labute approximate surface area is 166 Å². The lowest BCUT2D eigenvalue weighted by molar-refractivity contribution is -0.121. The summed E-state index contributed by atoms with van der Waals surface area (Å²) >= 11 is 5.94. The fraction of sp³-hybridized carbons (Fsp3) is 0.409. The number of anilines is 1. The fourth-order valence-corrected chi connectivity index (χ4v) is 3.64. The lowest BCUT2D eigenvalue weighted by Crippen LogP contribution is -2.31. The number of hydrogen-bond donors (Lipinski definition) is 1. The van der Waals surface area contributed by atoms with E-state index in [1.807, 2.05) is 31.2 Å². The molecule has 1 unspecified atom stereocenters. The highest BCUT2D eigenvalue weighted by molar-refractivity contribution is 6.30. The van der Waals surface area contributed by atoms with Gasteiger partial charge in [0.1, 0.15) is 5.75 Å². The SMILES string of the molecule is Cc1cc(Cl)ccc1OCCCC(=O)NCC1CCN(c2ccccc2)C1. The van der Waals surface area contributed by atoms with E-state index >= 15 is 0 Å². The summed E-state index contributed by atoms with van der Waals surface area (Å²) in [6, 6.07) is 16.0. The number of benzene rings is 2. The molecule has 0 spiro atoms. The van der Waals surface area contributed by atoms with Gasteiger partial charge in [0.05, 0.1) is 6.61 Å². The van der Waals surface area contributed by atoms with Gasteiger partial charge in [-0.25, -0.2) is 0 Å². The van der Waals surface area contributed by atoms with Gasteiger partial charge in [0.2, 0.25) is 5.91 Å². The Balaban J connectivity index is 1.31. The van der Waals surface area contributed by atoms with Crippen LogP contribution in [0.15, 0.2) is 48.5 Å². The predicted molar refractivity (Wildman–Crippen MR) is 111 cm³/mol. The molecule has 1 amide bonds. The Hall–Kier alpha value is -2.20. The summed E-state index contributed by atoms with van der Waals surface area (Å²) in [4.78, 5) is 14.5. The van der Waals surface area contributed by atoms with Gasteiger partial charge in [-0.2, -0.15) is 0 Å². The second kappa shape index (κ2) is 9.65. The zero-order valence-electron chi connectivity index (χ0n) is 15.8. The van der Waals surface area contributed by atoms with Crippen LogP contribution in [0.5, 0.6) is 5.75 Å². The molecule has 0 aliphatic carbocycles. The van der Waals surface area contributed by atoms with Crippen LogP contribution in [0.25, 0.3) is 0 Å². The maximum atomic E-state index is 12.1. The van der Waals surface area contributed by atoms with Crippen LogP contribution in [0.3, 0.4) is 0 Å². The van der Waals surface area contributed by atoms with Crippen molar-refractivity contribution in [2.45, 2.75) is 26.2 Å². The molecule has 0 radical (unpaired) electrons. The average Bonchev–Trinajstić information content (AvgIpc) is 3.15. The van der Waals surface area contributed by atoms with Gasteiger partial charge in [-0.3, -0.25) is 4.79 Å². The molecule has 27 heavy (non-hydrogen) atoms. The zero-order valence-corrected chi connectivity index (χ0v) is 16.5. The van der Waals surface area contributed by atoms with Gasteiger partial charge in [0, 0.05) is 36.8 Å². The minimum Gasteiger partial charge on any atom is -0.493 e. The van der Waals surface area contributed by atoms with Crippen molar-refractivity contribution in [3.8, 4) is 5.75 Å². The van der Waals surface area contributed by atoms with Crippen molar-refractivity contribution in [2.24, 2.45) is 5.92 Å². The molecule has 3 rings (SSSR count). The summed E-state index contributed by atoms with van der Waals surface area (Å²) in [5.41, 5.74) is 2.28. The topological polar surface area (TPSA) is 41.6 Å². The molecule has 1 N–H and O–H groups in total. The first-order valence-electron chi connectivity index (χ1n) is 9.57. The third kappa shape index (κ3) is 5.90. The Morgan fingerprint density at radius 2 is 2.07 bits per heavy atom. The number of amides is 1. The molecule has 144 valence electrons. The number of hydrogen-bond acceptors (Lipinski definition) is 3. The molecule has 4 nitrogen and oxygen atoms in total. The molecule has 0 saturated carbocycles. The highest BCUT2D eigenvalue weighted by Crippen LogP contribution is 2.23. The Kier molecular flexibility index (Phi) is 6.99. The second-order valence-electron chi connectivity index (χ2n) is 7.10. The average molecular weight is 387 g/mol. The lowest BCUT2D eigenvalue weighted by atomic mass is 10.1. The maximum absolute atomic E-state index is 12.1. The maximum Gasteiger partial charge on any atom is 0.220 e. The standard InChI is InChI=1S/C22H27ClN2O2/c1-17-14-19(23)9-10-21(17)27-13-5-8-22(26)24-15-18-11-12-25(16-18)20-6-3-2-4-7-20/h2-4,6-7,9-10,14,18H,5,8,11-13,15-16H2,1H3,(H,24,26). The van der Waals surface area contributed by atoms with Crippen LogP contribution >= 0.6 is 11.6 Å². The second-order valence-corrected chi connectivity index (χ2v) is 7.54. The van der Waals surface area contributed by atoms with Crippen LogP contribution in [0.2, 0.25) is 5.02 Å².